The van der Waals surface area contributed by atoms with Crippen molar-refractivity contribution in [2.24, 2.45) is 0 Å². The van der Waals surface area contributed by atoms with Crippen LogP contribution in [0.25, 0.3) is 0 Å². The van der Waals surface area contributed by atoms with E-state index in [0.717, 1.165) is 11.1 Å². The summed E-state index contributed by atoms with van der Waals surface area (Å²) in [5, 5.41) is 3.06. The number of halogens is 3. The van der Waals surface area contributed by atoms with Crippen LogP contribution in [0.5, 0.6) is 0 Å². The summed E-state index contributed by atoms with van der Waals surface area (Å²) in [6, 6.07) is 2.04. The van der Waals surface area contributed by atoms with Crippen molar-refractivity contribution >= 4 is 0 Å². The van der Waals surface area contributed by atoms with E-state index >= 15 is 0 Å². The third kappa shape index (κ3) is 4.34. The van der Waals surface area contributed by atoms with Gasteiger partial charge in [-0.3, -0.25) is 4.98 Å². The van der Waals surface area contributed by atoms with Crippen molar-refractivity contribution in [3.8, 4) is 0 Å². The average Bonchev–Trinajstić information content (AvgIpc) is 2.25. The molecule has 1 aromatic heterocycles. The smallest absolute Gasteiger partial charge is 0.313 e. The molecule has 0 aromatic carbocycles. The van der Waals surface area contributed by atoms with Crippen LogP contribution < -0.4 is 5.32 Å². The van der Waals surface area contributed by atoms with Crippen molar-refractivity contribution < 1.29 is 13.2 Å². The Balaban J connectivity index is 2.76. The molecule has 1 heterocycles. The van der Waals surface area contributed by atoms with Crippen molar-refractivity contribution in [1.82, 2.24) is 10.3 Å². The summed E-state index contributed by atoms with van der Waals surface area (Å²) in [6.07, 6.45) is -3.35. The van der Waals surface area contributed by atoms with E-state index in [9.17, 15) is 13.2 Å². The second-order valence-electron chi connectivity index (χ2n) is 4.16. The summed E-state index contributed by atoms with van der Waals surface area (Å²) in [4.78, 5) is 4.11. The highest BCUT2D eigenvalue weighted by Crippen LogP contribution is 2.23. The summed E-state index contributed by atoms with van der Waals surface area (Å²) in [7, 11) is 1.83. The van der Waals surface area contributed by atoms with Gasteiger partial charge in [0, 0.05) is 24.4 Å². The summed E-state index contributed by atoms with van der Waals surface area (Å²) >= 11 is 0. The topological polar surface area (TPSA) is 24.9 Å². The lowest BCUT2D eigenvalue weighted by atomic mass is 10.0. The van der Waals surface area contributed by atoms with Crippen LogP contribution in [-0.4, -0.2) is 18.2 Å². The number of nitrogens with zero attached hydrogens (tertiary/aromatic N) is 1. The predicted molar refractivity (Wildman–Crippen MR) is 60.8 cm³/mol. The van der Waals surface area contributed by atoms with Gasteiger partial charge in [0.05, 0.1) is 0 Å². The van der Waals surface area contributed by atoms with Crippen LogP contribution in [0.4, 0.5) is 13.2 Å². The average molecular weight is 246 g/mol. The maximum Gasteiger partial charge on any atom is 0.389 e. The number of pyridine rings is 1. The van der Waals surface area contributed by atoms with Gasteiger partial charge in [0.1, 0.15) is 0 Å². The third-order valence-electron chi connectivity index (χ3n) is 2.79. The zero-order valence-electron chi connectivity index (χ0n) is 10.2. The predicted octanol–water partition coefficient (Wildman–Crippen LogP) is 3.17. The van der Waals surface area contributed by atoms with Gasteiger partial charge in [0.15, 0.2) is 0 Å². The number of hydrogen-bond acceptors (Lipinski definition) is 2. The molecule has 0 fully saturated rings. The first kappa shape index (κ1) is 14.0. The Bertz CT molecular complexity index is 375. The van der Waals surface area contributed by atoms with Gasteiger partial charge in [-0.05, 0) is 38.4 Å². The Labute approximate surface area is 99.3 Å². The molecule has 96 valence electrons. The molecule has 0 amide bonds. The third-order valence-corrected chi connectivity index (χ3v) is 2.79. The Morgan fingerprint density at radius 2 is 2.06 bits per heavy atom. The highest BCUT2D eigenvalue weighted by molar-refractivity contribution is 5.26. The molecule has 17 heavy (non-hydrogen) atoms. The molecule has 1 unspecified atom stereocenters. The minimum Gasteiger partial charge on any atom is -0.313 e. The molecular weight excluding hydrogens is 229 g/mol. The first-order valence-corrected chi connectivity index (χ1v) is 5.53. The first-order chi connectivity index (χ1) is 7.83. The van der Waals surface area contributed by atoms with Crippen molar-refractivity contribution in [2.75, 3.05) is 7.05 Å². The molecule has 1 N–H and O–H groups in total. The number of hydrogen-bond donors (Lipinski definition) is 1. The van der Waals surface area contributed by atoms with E-state index in [0.29, 0.717) is 5.69 Å². The maximum absolute atomic E-state index is 12.1. The highest BCUT2D eigenvalue weighted by atomic mass is 19.4. The van der Waals surface area contributed by atoms with Crippen LogP contribution in [0.1, 0.15) is 36.2 Å². The minimum absolute atomic E-state index is 0.0520. The molecule has 0 aliphatic heterocycles. The molecule has 0 saturated heterocycles. The Kier molecular flexibility index (Phi) is 4.51. The highest BCUT2D eigenvalue weighted by Gasteiger charge is 2.27. The largest absolute Gasteiger partial charge is 0.389 e. The number of rotatable bonds is 4. The molecule has 0 radical (unpaired) electrons. The van der Waals surface area contributed by atoms with E-state index in [1.54, 1.807) is 13.1 Å². The van der Waals surface area contributed by atoms with Gasteiger partial charge in [0.2, 0.25) is 0 Å². The van der Waals surface area contributed by atoms with Gasteiger partial charge in [-0.25, -0.2) is 0 Å². The quantitative estimate of drug-likeness (QED) is 0.882. The summed E-state index contributed by atoms with van der Waals surface area (Å²) in [5.74, 6) is 0. The fourth-order valence-corrected chi connectivity index (χ4v) is 1.55. The minimum atomic E-state index is -4.12. The van der Waals surface area contributed by atoms with Crippen molar-refractivity contribution in [3.63, 3.8) is 0 Å². The van der Waals surface area contributed by atoms with Gasteiger partial charge >= 0.3 is 6.18 Å². The lowest BCUT2D eigenvalue weighted by Crippen LogP contribution is -2.14. The van der Waals surface area contributed by atoms with Crippen LogP contribution in [0.2, 0.25) is 0 Å². The van der Waals surface area contributed by atoms with Crippen LogP contribution >= 0.6 is 0 Å². The molecular formula is C12H17F3N2. The molecule has 1 rings (SSSR count). The van der Waals surface area contributed by atoms with Gasteiger partial charge in [-0.15, -0.1) is 0 Å². The standard InChI is InChI=1S/C12H17F3N2/c1-8-6-10(9(2)16-3)7-17-11(8)4-5-12(13,14)15/h6-7,9,16H,4-5H2,1-3H3. The second kappa shape index (κ2) is 5.49. The van der Waals surface area contributed by atoms with Gasteiger partial charge < -0.3 is 5.32 Å². The molecule has 0 spiro atoms. The van der Waals surface area contributed by atoms with E-state index in [4.69, 9.17) is 0 Å². The zero-order valence-corrected chi connectivity index (χ0v) is 10.2. The SMILES string of the molecule is CNC(C)c1cnc(CCC(F)(F)F)c(C)c1. The molecule has 0 bridgehead atoms. The Hall–Kier alpha value is -1.10. The monoisotopic (exact) mass is 246 g/mol. The summed E-state index contributed by atoms with van der Waals surface area (Å²) in [5.41, 5.74) is 2.32. The lowest BCUT2D eigenvalue weighted by molar-refractivity contribution is -0.134. The van der Waals surface area contributed by atoms with E-state index in [2.05, 4.69) is 10.3 Å². The zero-order chi connectivity index (χ0) is 13.1. The van der Waals surface area contributed by atoms with Gasteiger partial charge in [-0.2, -0.15) is 13.2 Å². The summed E-state index contributed by atoms with van der Waals surface area (Å²) in [6.45, 7) is 3.77. The van der Waals surface area contributed by atoms with Crippen LogP contribution in [0.15, 0.2) is 12.3 Å². The molecule has 5 heteroatoms. The molecule has 2 nitrogen and oxygen atoms in total. The van der Waals surface area contributed by atoms with E-state index in [1.807, 2.05) is 20.0 Å². The molecule has 1 aromatic rings. The normalized spacial score (nSPS) is 13.8. The Morgan fingerprint density at radius 1 is 1.41 bits per heavy atom. The van der Waals surface area contributed by atoms with E-state index < -0.39 is 12.6 Å². The molecule has 0 saturated carbocycles. The first-order valence-electron chi connectivity index (χ1n) is 5.53. The fraction of sp³-hybridized carbons (Fsp3) is 0.583. The molecule has 0 aliphatic carbocycles. The fourth-order valence-electron chi connectivity index (χ4n) is 1.55. The Morgan fingerprint density at radius 3 is 2.53 bits per heavy atom. The van der Waals surface area contributed by atoms with Crippen LogP contribution in [0, 0.1) is 6.92 Å². The van der Waals surface area contributed by atoms with Crippen LogP contribution in [-0.2, 0) is 6.42 Å². The lowest BCUT2D eigenvalue weighted by Gasteiger charge is -2.13. The summed E-state index contributed by atoms with van der Waals surface area (Å²) < 4.78 is 36.3. The maximum atomic E-state index is 12.1. The number of aryl methyl sites for hydroxylation is 2. The number of aromatic nitrogens is 1. The van der Waals surface area contributed by atoms with E-state index in [-0.39, 0.29) is 12.5 Å². The van der Waals surface area contributed by atoms with Crippen molar-refractivity contribution in [3.05, 3.63) is 29.1 Å². The van der Waals surface area contributed by atoms with Crippen LogP contribution in [0.3, 0.4) is 0 Å². The number of nitrogens with one attached hydrogen (secondary N) is 1. The van der Waals surface area contributed by atoms with Gasteiger partial charge in [0.25, 0.3) is 0 Å². The number of alkyl halides is 3. The van der Waals surface area contributed by atoms with Gasteiger partial charge in [-0.1, -0.05) is 6.07 Å². The second-order valence-corrected chi connectivity index (χ2v) is 4.16. The van der Waals surface area contributed by atoms with Crippen molar-refractivity contribution in [1.29, 1.82) is 0 Å². The molecule has 1 atom stereocenters. The van der Waals surface area contributed by atoms with Crippen molar-refractivity contribution in [2.45, 2.75) is 38.9 Å². The van der Waals surface area contributed by atoms with E-state index in [1.165, 1.54) is 0 Å². The molecule has 0 aliphatic rings.